The number of ketones is 1. The van der Waals surface area contributed by atoms with Gasteiger partial charge in [-0.1, -0.05) is 91.0 Å². The van der Waals surface area contributed by atoms with E-state index in [0.29, 0.717) is 6.42 Å². The molecule has 3 aromatic rings. The van der Waals surface area contributed by atoms with Crippen LogP contribution >= 0.6 is 0 Å². The zero-order valence-corrected chi connectivity index (χ0v) is 26.9. The molecule has 2 atom stereocenters. The van der Waals surface area contributed by atoms with E-state index in [-0.39, 0.29) is 71.7 Å². The SMILES string of the molecule is O=C(COCCCO)C[C@@H](CCC(=O)OCc1ccccc1)C(=O)N[C@@H](CCC(=O)OCc1ccccc1)C(=O)OCc1ccccc1. The first-order chi connectivity index (χ1) is 23.3. The van der Waals surface area contributed by atoms with Crippen molar-refractivity contribution >= 4 is 29.6 Å². The summed E-state index contributed by atoms with van der Waals surface area (Å²) in [4.78, 5) is 64.6. The molecule has 0 aliphatic carbocycles. The van der Waals surface area contributed by atoms with Crippen LogP contribution in [0, 0.1) is 5.92 Å². The second-order valence-corrected chi connectivity index (χ2v) is 11.1. The van der Waals surface area contributed by atoms with Crippen molar-refractivity contribution in [1.82, 2.24) is 5.32 Å². The number of Topliss-reactive ketones (excluding diaryl/α,β-unsaturated/α-hetero) is 1. The predicted molar refractivity (Wildman–Crippen MR) is 175 cm³/mol. The molecule has 0 aromatic heterocycles. The minimum atomic E-state index is -1.23. The molecule has 0 bridgehead atoms. The zero-order chi connectivity index (χ0) is 34.4. The number of aliphatic hydroxyl groups excluding tert-OH is 1. The summed E-state index contributed by atoms with van der Waals surface area (Å²) in [5.74, 6) is -3.93. The third-order valence-electron chi connectivity index (χ3n) is 7.20. The van der Waals surface area contributed by atoms with Crippen LogP contribution in [0.4, 0.5) is 0 Å². The molecule has 256 valence electrons. The molecule has 0 spiro atoms. The van der Waals surface area contributed by atoms with Gasteiger partial charge in [0.2, 0.25) is 5.91 Å². The standard InChI is InChI=1S/C37H43NO10/c39-21-10-22-45-27-32(40)23-31(17-19-34(41)46-24-28-11-4-1-5-12-28)36(43)38-33(37(44)48-26-30-15-8-3-9-16-30)18-20-35(42)47-25-29-13-6-2-7-14-29/h1-9,11-16,31,33,39H,10,17-27H2,(H,38,43)/t31-,33+/m1/s1. The lowest BCUT2D eigenvalue weighted by atomic mass is 9.95. The van der Waals surface area contributed by atoms with Crippen LogP contribution < -0.4 is 5.32 Å². The van der Waals surface area contributed by atoms with Crippen LogP contribution in [-0.4, -0.2) is 60.6 Å². The van der Waals surface area contributed by atoms with Crippen LogP contribution in [0.3, 0.4) is 0 Å². The van der Waals surface area contributed by atoms with E-state index in [1.807, 2.05) is 66.7 Å². The van der Waals surface area contributed by atoms with Gasteiger partial charge in [0, 0.05) is 38.4 Å². The number of carbonyl (C=O) groups is 5. The molecule has 0 aliphatic rings. The third kappa shape index (κ3) is 15.1. The Morgan fingerprint density at radius 3 is 1.62 bits per heavy atom. The zero-order valence-electron chi connectivity index (χ0n) is 26.9. The van der Waals surface area contributed by atoms with Crippen LogP contribution in [0.25, 0.3) is 0 Å². The smallest absolute Gasteiger partial charge is 0.328 e. The van der Waals surface area contributed by atoms with Gasteiger partial charge in [-0.05, 0) is 36.0 Å². The highest BCUT2D eigenvalue weighted by molar-refractivity contribution is 5.90. The van der Waals surface area contributed by atoms with Gasteiger partial charge in [0.1, 0.15) is 32.5 Å². The van der Waals surface area contributed by atoms with Gasteiger partial charge in [0.15, 0.2) is 5.78 Å². The number of benzene rings is 3. The first-order valence-electron chi connectivity index (χ1n) is 15.9. The summed E-state index contributed by atoms with van der Waals surface area (Å²) in [6.07, 6.45) is -0.401. The number of nitrogens with one attached hydrogen (secondary N) is 1. The Bertz CT molecular complexity index is 1420. The summed E-state index contributed by atoms with van der Waals surface area (Å²) >= 11 is 0. The van der Waals surface area contributed by atoms with E-state index in [4.69, 9.17) is 24.1 Å². The van der Waals surface area contributed by atoms with Gasteiger partial charge in [-0.25, -0.2) is 4.79 Å². The van der Waals surface area contributed by atoms with Crippen molar-refractivity contribution in [2.45, 2.75) is 64.4 Å². The Morgan fingerprint density at radius 2 is 1.12 bits per heavy atom. The minimum Gasteiger partial charge on any atom is -0.461 e. The number of hydrogen-bond acceptors (Lipinski definition) is 10. The monoisotopic (exact) mass is 661 g/mol. The fraction of sp³-hybridized carbons (Fsp3) is 0.378. The Morgan fingerprint density at radius 1 is 0.646 bits per heavy atom. The van der Waals surface area contributed by atoms with Crippen LogP contribution in [0.5, 0.6) is 0 Å². The molecule has 0 unspecified atom stereocenters. The molecule has 2 N–H and O–H groups in total. The molecule has 11 heteroatoms. The molecule has 0 fully saturated rings. The minimum absolute atomic E-state index is 0.0350. The summed E-state index contributed by atoms with van der Waals surface area (Å²) in [5.41, 5.74) is 2.33. The summed E-state index contributed by atoms with van der Waals surface area (Å²) in [6, 6.07) is 26.0. The number of carbonyl (C=O) groups excluding carboxylic acids is 5. The molecular formula is C37H43NO10. The van der Waals surface area contributed by atoms with Crippen molar-refractivity contribution < 1.29 is 48.0 Å². The highest BCUT2D eigenvalue weighted by atomic mass is 16.5. The van der Waals surface area contributed by atoms with E-state index in [1.165, 1.54) is 0 Å². The normalized spacial score (nSPS) is 11.9. The van der Waals surface area contributed by atoms with Gasteiger partial charge >= 0.3 is 17.9 Å². The average Bonchev–Trinajstić information content (AvgIpc) is 3.12. The number of ether oxygens (including phenoxy) is 4. The summed E-state index contributed by atoms with van der Waals surface area (Å²) in [6.45, 7) is -0.140. The van der Waals surface area contributed by atoms with Crippen molar-refractivity contribution in [3.05, 3.63) is 108 Å². The summed E-state index contributed by atoms with van der Waals surface area (Å²) < 4.78 is 21.4. The molecule has 11 nitrogen and oxygen atoms in total. The molecule has 0 saturated carbocycles. The predicted octanol–water partition coefficient (Wildman–Crippen LogP) is 4.24. The van der Waals surface area contributed by atoms with Crippen molar-refractivity contribution in [2.75, 3.05) is 19.8 Å². The molecule has 1 amide bonds. The van der Waals surface area contributed by atoms with E-state index in [0.717, 1.165) is 16.7 Å². The number of aliphatic hydroxyl groups is 1. The van der Waals surface area contributed by atoms with Crippen molar-refractivity contribution in [2.24, 2.45) is 5.92 Å². The maximum absolute atomic E-state index is 13.6. The Balaban J connectivity index is 1.65. The molecule has 48 heavy (non-hydrogen) atoms. The topological polar surface area (TPSA) is 155 Å². The molecule has 0 heterocycles. The number of amides is 1. The van der Waals surface area contributed by atoms with Crippen molar-refractivity contribution in [1.29, 1.82) is 0 Å². The van der Waals surface area contributed by atoms with Gasteiger partial charge in [0.05, 0.1) is 0 Å². The maximum Gasteiger partial charge on any atom is 0.328 e. The highest BCUT2D eigenvalue weighted by Crippen LogP contribution is 2.16. The second kappa shape index (κ2) is 21.8. The lowest BCUT2D eigenvalue weighted by Gasteiger charge is -2.22. The summed E-state index contributed by atoms with van der Waals surface area (Å²) in [5, 5.41) is 11.6. The fourth-order valence-electron chi connectivity index (χ4n) is 4.55. The number of hydrogen-bond donors (Lipinski definition) is 2. The summed E-state index contributed by atoms with van der Waals surface area (Å²) in [7, 11) is 0. The van der Waals surface area contributed by atoms with E-state index in [9.17, 15) is 24.0 Å². The van der Waals surface area contributed by atoms with Gasteiger partial charge in [-0.2, -0.15) is 0 Å². The first kappa shape index (κ1) is 37.6. The van der Waals surface area contributed by atoms with Crippen molar-refractivity contribution in [3.63, 3.8) is 0 Å². The van der Waals surface area contributed by atoms with Crippen LogP contribution in [-0.2, 0) is 62.7 Å². The lowest BCUT2D eigenvalue weighted by Crippen LogP contribution is -2.45. The quantitative estimate of drug-likeness (QED) is 0.0908. The van der Waals surface area contributed by atoms with Gasteiger partial charge in [-0.15, -0.1) is 0 Å². The molecule has 0 aliphatic heterocycles. The van der Waals surface area contributed by atoms with Gasteiger partial charge < -0.3 is 29.4 Å². The van der Waals surface area contributed by atoms with E-state index in [1.54, 1.807) is 24.3 Å². The van der Waals surface area contributed by atoms with Crippen molar-refractivity contribution in [3.8, 4) is 0 Å². The number of esters is 3. The van der Waals surface area contributed by atoms with E-state index < -0.39 is 41.6 Å². The third-order valence-corrected chi connectivity index (χ3v) is 7.20. The van der Waals surface area contributed by atoms with Gasteiger partial charge in [-0.3, -0.25) is 19.2 Å². The lowest BCUT2D eigenvalue weighted by molar-refractivity contribution is -0.151. The molecule has 3 aromatic carbocycles. The van der Waals surface area contributed by atoms with Crippen LogP contribution in [0.15, 0.2) is 91.0 Å². The molecule has 0 radical (unpaired) electrons. The molecular weight excluding hydrogens is 618 g/mol. The van der Waals surface area contributed by atoms with E-state index in [2.05, 4.69) is 5.32 Å². The highest BCUT2D eigenvalue weighted by Gasteiger charge is 2.29. The molecule has 0 saturated heterocycles. The van der Waals surface area contributed by atoms with Crippen LogP contribution in [0.1, 0.15) is 55.2 Å². The largest absolute Gasteiger partial charge is 0.461 e. The fourth-order valence-corrected chi connectivity index (χ4v) is 4.55. The Labute approximate surface area is 280 Å². The maximum atomic E-state index is 13.6. The second-order valence-electron chi connectivity index (χ2n) is 11.1. The Hall–Kier alpha value is -4.87. The average molecular weight is 662 g/mol. The Kier molecular flexibility index (Phi) is 17.1. The van der Waals surface area contributed by atoms with Crippen LogP contribution in [0.2, 0.25) is 0 Å². The molecule has 3 rings (SSSR count). The first-order valence-corrected chi connectivity index (χ1v) is 15.9. The number of rotatable bonds is 22. The van der Waals surface area contributed by atoms with Gasteiger partial charge in [0.25, 0.3) is 0 Å². The van der Waals surface area contributed by atoms with E-state index >= 15 is 0 Å².